The first-order valence-electron chi connectivity index (χ1n) is 10.1. The van der Waals surface area contributed by atoms with Gasteiger partial charge < -0.3 is 24.4 Å². The lowest BCUT2D eigenvalue weighted by atomic mass is 10.1. The third-order valence-corrected chi connectivity index (χ3v) is 5.43. The Hall–Kier alpha value is -3.74. The van der Waals surface area contributed by atoms with Gasteiger partial charge in [0.15, 0.2) is 11.5 Å². The fourth-order valence-corrected chi connectivity index (χ4v) is 3.70. The Morgan fingerprint density at radius 1 is 0.903 bits per heavy atom. The molecule has 4 rings (SSSR count). The molecule has 1 aliphatic rings. The Labute approximate surface area is 181 Å². The number of nitrogens with zero attached hydrogens (tertiary/aromatic N) is 3. The second-order valence-electron chi connectivity index (χ2n) is 7.27. The topological polar surface area (TPSA) is 75.1 Å². The van der Waals surface area contributed by atoms with Gasteiger partial charge in [-0.3, -0.25) is 4.79 Å². The van der Waals surface area contributed by atoms with E-state index in [1.54, 1.807) is 32.4 Å². The van der Waals surface area contributed by atoms with Crippen LogP contribution in [-0.4, -0.2) is 61.3 Å². The maximum absolute atomic E-state index is 13.1. The second kappa shape index (κ2) is 8.95. The summed E-state index contributed by atoms with van der Waals surface area (Å²) in [6.07, 6.45) is 0. The molecule has 1 aromatic heterocycles. The monoisotopic (exact) mass is 419 g/mol. The molecule has 1 fully saturated rings. The molecule has 1 aliphatic heterocycles. The minimum atomic E-state index is -0.0762. The molecule has 160 valence electrons. The van der Waals surface area contributed by atoms with Crippen LogP contribution in [0.2, 0.25) is 0 Å². The number of carbonyl (C=O) groups is 1. The van der Waals surface area contributed by atoms with Gasteiger partial charge in [0.25, 0.3) is 5.91 Å². The molecule has 1 N–H and O–H groups in total. The first-order valence-corrected chi connectivity index (χ1v) is 10.1. The Bertz CT molecular complexity index is 1060. The predicted molar refractivity (Wildman–Crippen MR) is 119 cm³/mol. The maximum Gasteiger partial charge on any atom is 0.272 e. The van der Waals surface area contributed by atoms with E-state index in [4.69, 9.17) is 9.47 Å². The number of amides is 1. The van der Waals surface area contributed by atoms with Crippen molar-refractivity contribution in [3.8, 4) is 28.5 Å². The minimum Gasteiger partial charge on any atom is -0.508 e. The molecular formula is C24H25N3O4. The van der Waals surface area contributed by atoms with Crippen LogP contribution < -0.4 is 14.4 Å². The fourth-order valence-electron chi connectivity index (χ4n) is 3.70. The summed E-state index contributed by atoms with van der Waals surface area (Å²) in [5.74, 6) is 1.43. The van der Waals surface area contributed by atoms with Crippen LogP contribution in [0.3, 0.4) is 0 Å². The Morgan fingerprint density at radius 2 is 1.61 bits per heavy atom. The molecule has 3 aromatic rings. The molecule has 0 atom stereocenters. The average Bonchev–Trinajstić information content (AvgIpc) is 2.84. The third-order valence-electron chi connectivity index (χ3n) is 5.43. The molecular weight excluding hydrogens is 394 g/mol. The van der Waals surface area contributed by atoms with Crippen LogP contribution in [0.4, 0.5) is 5.69 Å². The van der Waals surface area contributed by atoms with Gasteiger partial charge in [-0.2, -0.15) is 0 Å². The lowest BCUT2D eigenvalue weighted by Crippen LogP contribution is -2.49. The molecule has 1 saturated heterocycles. The smallest absolute Gasteiger partial charge is 0.272 e. The van der Waals surface area contributed by atoms with Gasteiger partial charge in [0.2, 0.25) is 0 Å². The maximum atomic E-state index is 13.1. The number of benzene rings is 2. The van der Waals surface area contributed by atoms with Crippen molar-refractivity contribution in [1.82, 2.24) is 9.88 Å². The number of rotatable bonds is 5. The highest BCUT2D eigenvalue weighted by Gasteiger charge is 2.23. The summed E-state index contributed by atoms with van der Waals surface area (Å²) in [5.41, 5.74) is 3.02. The molecule has 2 aromatic carbocycles. The first kappa shape index (κ1) is 20.5. The van der Waals surface area contributed by atoms with E-state index in [1.165, 1.54) is 0 Å². The van der Waals surface area contributed by atoms with Crippen molar-refractivity contribution in [2.24, 2.45) is 0 Å². The normalized spacial score (nSPS) is 13.7. The van der Waals surface area contributed by atoms with E-state index in [2.05, 4.69) is 9.88 Å². The Balaban J connectivity index is 1.47. The number of hydrogen-bond donors (Lipinski definition) is 1. The van der Waals surface area contributed by atoms with E-state index in [1.807, 2.05) is 47.4 Å². The number of phenols is 1. The standard InChI is InChI=1S/C24H25N3O4/c1-30-22-11-6-17(16-23(22)31-2)20-4-3-5-21(25-20)24(29)27-14-12-26(13-15-27)18-7-9-19(28)10-8-18/h3-11,16,28H,12-15H2,1-2H3. The van der Waals surface area contributed by atoms with E-state index in [0.717, 1.165) is 24.3 Å². The molecule has 0 aliphatic carbocycles. The van der Waals surface area contributed by atoms with Gasteiger partial charge in [-0.25, -0.2) is 4.98 Å². The molecule has 1 amide bonds. The Morgan fingerprint density at radius 3 is 2.29 bits per heavy atom. The first-order chi connectivity index (χ1) is 15.1. The predicted octanol–water partition coefficient (Wildman–Crippen LogP) is 3.43. The molecule has 0 radical (unpaired) electrons. The number of piperazine rings is 1. The average molecular weight is 419 g/mol. The zero-order valence-electron chi connectivity index (χ0n) is 17.6. The van der Waals surface area contributed by atoms with Crippen LogP contribution in [0.5, 0.6) is 17.2 Å². The van der Waals surface area contributed by atoms with Crippen LogP contribution in [0.25, 0.3) is 11.3 Å². The highest BCUT2D eigenvalue weighted by Crippen LogP contribution is 2.31. The van der Waals surface area contributed by atoms with Gasteiger partial charge in [0, 0.05) is 37.4 Å². The summed E-state index contributed by atoms with van der Waals surface area (Å²) in [6, 6.07) is 18.2. The summed E-state index contributed by atoms with van der Waals surface area (Å²) >= 11 is 0. The SMILES string of the molecule is COc1ccc(-c2cccc(C(=O)N3CCN(c4ccc(O)cc4)CC3)n2)cc1OC. The zero-order valence-corrected chi connectivity index (χ0v) is 17.6. The number of anilines is 1. The molecule has 0 saturated carbocycles. The highest BCUT2D eigenvalue weighted by atomic mass is 16.5. The molecule has 0 spiro atoms. The van der Waals surface area contributed by atoms with Crippen molar-refractivity contribution < 1.29 is 19.4 Å². The number of hydrogen-bond acceptors (Lipinski definition) is 6. The molecule has 2 heterocycles. The van der Waals surface area contributed by atoms with Crippen LogP contribution in [0, 0.1) is 0 Å². The molecule has 7 nitrogen and oxygen atoms in total. The van der Waals surface area contributed by atoms with E-state index in [-0.39, 0.29) is 11.7 Å². The third kappa shape index (κ3) is 4.40. The van der Waals surface area contributed by atoms with Gasteiger partial charge in [-0.15, -0.1) is 0 Å². The summed E-state index contributed by atoms with van der Waals surface area (Å²) < 4.78 is 10.7. The number of aromatic hydroxyl groups is 1. The van der Waals surface area contributed by atoms with Crippen LogP contribution in [0.1, 0.15) is 10.5 Å². The number of methoxy groups -OCH3 is 2. The van der Waals surface area contributed by atoms with E-state index in [0.29, 0.717) is 36.0 Å². The fraction of sp³-hybridized carbons (Fsp3) is 0.250. The van der Waals surface area contributed by atoms with Crippen molar-refractivity contribution in [1.29, 1.82) is 0 Å². The Kier molecular flexibility index (Phi) is 5.93. The van der Waals surface area contributed by atoms with Gasteiger partial charge in [0.1, 0.15) is 11.4 Å². The molecule has 0 bridgehead atoms. The van der Waals surface area contributed by atoms with Gasteiger partial charge >= 0.3 is 0 Å². The van der Waals surface area contributed by atoms with E-state index in [9.17, 15) is 9.90 Å². The lowest BCUT2D eigenvalue weighted by molar-refractivity contribution is 0.0741. The van der Waals surface area contributed by atoms with Crippen molar-refractivity contribution in [2.75, 3.05) is 45.3 Å². The summed E-state index contributed by atoms with van der Waals surface area (Å²) in [6.45, 7) is 2.68. The molecule has 31 heavy (non-hydrogen) atoms. The van der Waals surface area contributed by atoms with Crippen molar-refractivity contribution >= 4 is 11.6 Å². The largest absolute Gasteiger partial charge is 0.508 e. The number of aromatic nitrogens is 1. The van der Waals surface area contributed by atoms with Gasteiger partial charge in [-0.1, -0.05) is 6.07 Å². The van der Waals surface area contributed by atoms with Crippen molar-refractivity contribution in [3.63, 3.8) is 0 Å². The number of phenolic OH excluding ortho intramolecular Hbond substituents is 1. The van der Waals surface area contributed by atoms with E-state index >= 15 is 0 Å². The minimum absolute atomic E-state index is 0.0762. The van der Waals surface area contributed by atoms with Gasteiger partial charge in [0.05, 0.1) is 19.9 Å². The van der Waals surface area contributed by atoms with Crippen LogP contribution >= 0.6 is 0 Å². The summed E-state index contributed by atoms with van der Waals surface area (Å²) in [7, 11) is 3.18. The zero-order chi connectivity index (χ0) is 21.8. The van der Waals surface area contributed by atoms with Gasteiger partial charge in [-0.05, 0) is 54.6 Å². The summed E-state index contributed by atoms with van der Waals surface area (Å²) in [5, 5.41) is 9.46. The van der Waals surface area contributed by atoms with Crippen LogP contribution in [0.15, 0.2) is 60.7 Å². The molecule has 7 heteroatoms. The number of pyridine rings is 1. The summed E-state index contributed by atoms with van der Waals surface area (Å²) in [4.78, 5) is 21.7. The quantitative estimate of drug-likeness (QED) is 0.683. The van der Waals surface area contributed by atoms with Crippen LogP contribution in [-0.2, 0) is 0 Å². The van der Waals surface area contributed by atoms with Crippen molar-refractivity contribution in [3.05, 3.63) is 66.4 Å². The highest BCUT2D eigenvalue weighted by molar-refractivity contribution is 5.93. The number of carbonyl (C=O) groups excluding carboxylic acids is 1. The second-order valence-corrected chi connectivity index (χ2v) is 7.27. The lowest BCUT2D eigenvalue weighted by Gasteiger charge is -2.36. The molecule has 0 unspecified atom stereocenters. The van der Waals surface area contributed by atoms with Crippen molar-refractivity contribution in [2.45, 2.75) is 0 Å². The number of ether oxygens (including phenoxy) is 2. The van der Waals surface area contributed by atoms with E-state index < -0.39 is 0 Å².